The van der Waals surface area contributed by atoms with Gasteiger partial charge in [0.2, 0.25) is 0 Å². The number of pyridine rings is 1. The van der Waals surface area contributed by atoms with E-state index in [9.17, 15) is 4.79 Å². The molecule has 1 fully saturated rings. The average molecular weight is 417 g/mol. The van der Waals surface area contributed by atoms with Gasteiger partial charge in [-0.2, -0.15) is 0 Å². The summed E-state index contributed by atoms with van der Waals surface area (Å²) in [5.41, 5.74) is 5.81. The lowest BCUT2D eigenvalue weighted by Crippen LogP contribution is -2.36. The van der Waals surface area contributed by atoms with Crippen LogP contribution in [0.25, 0.3) is 0 Å². The largest absolute Gasteiger partial charge is 0.378 e. The standard InChI is InChI=1S/C25H28N4O2/c1-18-6-5-9-22(19(18)2)28-23-8-4-3-7-21(23)25(30)27-17-20-10-11-26-24(16-20)29-12-14-31-15-13-29/h3-11,16,28H,12-15,17H2,1-2H3,(H,27,30). The van der Waals surface area contributed by atoms with Crippen LogP contribution in [0, 0.1) is 13.8 Å². The minimum absolute atomic E-state index is 0.113. The summed E-state index contributed by atoms with van der Waals surface area (Å²) in [6.07, 6.45) is 1.79. The Morgan fingerprint density at radius 1 is 1.03 bits per heavy atom. The van der Waals surface area contributed by atoms with Gasteiger partial charge in [0.1, 0.15) is 5.82 Å². The van der Waals surface area contributed by atoms with Crippen molar-refractivity contribution in [2.45, 2.75) is 20.4 Å². The van der Waals surface area contributed by atoms with Crippen LogP contribution < -0.4 is 15.5 Å². The average Bonchev–Trinajstić information content (AvgIpc) is 2.81. The quantitative estimate of drug-likeness (QED) is 0.630. The zero-order valence-electron chi connectivity index (χ0n) is 18.0. The molecule has 2 heterocycles. The van der Waals surface area contributed by atoms with E-state index in [1.54, 1.807) is 6.20 Å². The maximum Gasteiger partial charge on any atom is 0.253 e. The third-order valence-electron chi connectivity index (χ3n) is 5.64. The number of benzene rings is 2. The van der Waals surface area contributed by atoms with E-state index in [1.165, 1.54) is 11.1 Å². The van der Waals surface area contributed by atoms with Gasteiger partial charge >= 0.3 is 0 Å². The molecule has 3 aromatic rings. The van der Waals surface area contributed by atoms with Gasteiger partial charge in [-0.1, -0.05) is 24.3 Å². The summed E-state index contributed by atoms with van der Waals surface area (Å²) in [6, 6.07) is 17.7. The topological polar surface area (TPSA) is 66.5 Å². The highest BCUT2D eigenvalue weighted by molar-refractivity contribution is 6.00. The molecule has 0 saturated carbocycles. The number of ether oxygens (including phenoxy) is 1. The van der Waals surface area contributed by atoms with Crippen molar-refractivity contribution in [2.75, 3.05) is 36.5 Å². The Hall–Kier alpha value is -3.38. The first-order chi connectivity index (χ1) is 15.1. The van der Waals surface area contributed by atoms with Gasteiger partial charge in [0.25, 0.3) is 5.91 Å². The SMILES string of the molecule is Cc1cccc(Nc2ccccc2C(=O)NCc2ccnc(N3CCOCC3)c2)c1C. The molecule has 1 saturated heterocycles. The second-order valence-corrected chi connectivity index (χ2v) is 7.72. The van der Waals surface area contributed by atoms with Crippen molar-refractivity contribution in [1.82, 2.24) is 10.3 Å². The lowest BCUT2D eigenvalue weighted by Gasteiger charge is -2.28. The number of carbonyl (C=O) groups excluding carboxylic acids is 1. The van der Waals surface area contributed by atoms with Crippen molar-refractivity contribution in [3.05, 3.63) is 83.0 Å². The fourth-order valence-corrected chi connectivity index (χ4v) is 3.64. The molecule has 6 heteroatoms. The summed E-state index contributed by atoms with van der Waals surface area (Å²) in [7, 11) is 0. The number of aromatic nitrogens is 1. The van der Waals surface area contributed by atoms with Crippen LogP contribution >= 0.6 is 0 Å². The second-order valence-electron chi connectivity index (χ2n) is 7.72. The fourth-order valence-electron chi connectivity index (χ4n) is 3.64. The van der Waals surface area contributed by atoms with Gasteiger partial charge in [0.05, 0.1) is 24.5 Å². The lowest BCUT2D eigenvalue weighted by molar-refractivity contribution is 0.0951. The summed E-state index contributed by atoms with van der Waals surface area (Å²) < 4.78 is 5.41. The summed E-state index contributed by atoms with van der Waals surface area (Å²) >= 11 is 0. The third-order valence-corrected chi connectivity index (χ3v) is 5.64. The predicted molar refractivity (Wildman–Crippen MR) is 124 cm³/mol. The molecule has 160 valence electrons. The number of rotatable bonds is 6. The van der Waals surface area contributed by atoms with E-state index < -0.39 is 0 Å². The Bertz CT molecular complexity index is 1060. The number of hydrogen-bond donors (Lipinski definition) is 2. The number of carbonyl (C=O) groups is 1. The normalized spacial score (nSPS) is 13.7. The molecule has 1 aliphatic rings. The number of hydrogen-bond acceptors (Lipinski definition) is 5. The molecule has 0 bridgehead atoms. The first-order valence-corrected chi connectivity index (χ1v) is 10.6. The Morgan fingerprint density at radius 2 is 1.81 bits per heavy atom. The Kier molecular flexibility index (Phi) is 6.48. The van der Waals surface area contributed by atoms with Crippen molar-refractivity contribution in [3.63, 3.8) is 0 Å². The van der Waals surface area contributed by atoms with E-state index in [-0.39, 0.29) is 5.91 Å². The van der Waals surface area contributed by atoms with Crippen molar-refractivity contribution < 1.29 is 9.53 Å². The highest BCUT2D eigenvalue weighted by Crippen LogP contribution is 2.25. The zero-order valence-corrected chi connectivity index (χ0v) is 18.0. The molecule has 2 N–H and O–H groups in total. The second kappa shape index (κ2) is 9.62. The number of morpholine rings is 1. The molecule has 0 atom stereocenters. The van der Waals surface area contributed by atoms with Crippen molar-refractivity contribution in [1.29, 1.82) is 0 Å². The molecule has 0 radical (unpaired) electrons. The van der Waals surface area contributed by atoms with E-state index in [1.807, 2.05) is 48.5 Å². The van der Waals surface area contributed by atoms with Gasteiger partial charge in [-0.3, -0.25) is 4.79 Å². The van der Waals surface area contributed by atoms with Crippen LogP contribution in [-0.4, -0.2) is 37.2 Å². The summed E-state index contributed by atoms with van der Waals surface area (Å²) in [5, 5.41) is 6.47. The van der Waals surface area contributed by atoms with Crippen molar-refractivity contribution in [3.8, 4) is 0 Å². The number of aryl methyl sites for hydroxylation is 1. The number of para-hydroxylation sites is 1. The lowest BCUT2D eigenvalue weighted by atomic mass is 10.1. The maximum absolute atomic E-state index is 13.0. The number of amides is 1. The highest BCUT2D eigenvalue weighted by Gasteiger charge is 2.14. The summed E-state index contributed by atoms with van der Waals surface area (Å²) in [6.45, 7) is 7.70. The van der Waals surface area contributed by atoms with Crippen molar-refractivity contribution >= 4 is 23.1 Å². The summed E-state index contributed by atoms with van der Waals surface area (Å²) in [5.74, 6) is 0.810. The van der Waals surface area contributed by atoms with Gasteiger partial charge < -0.3 is 20.3 Å². The molecule has 0 spiro atoms. The maximum atomic E-state index is 13.0. The highest BCUT2D eigenvalue weighted by atomic mass is 16.5. The van der Waals surface area contributed by atoms with Crippen LogP contribution in [0.3, 0.4) is 0 Å². The third kappa shape index (κ3) is 5.03. The van der Waals surface area contributed by atoms with E-state index in [0.717, 1.165) is 35.8 Å². The summed E-state index contributed by atoms with van der Waals surface area (Å²) in [4.78, 5) is 19.7. The molecule has 2 aromatic carbocycles. The molecule has 4 rings (SSSR count). The van der Waals surface area contributed by atoms with Gasteiger partial charge in [-0.05, 0) is 60.9 Å². The van der Waals surface area contributed by atoms with Crippen LogP contribution in [0.5, 0.6) is 0 Å². The van der Waals surface area contributed by atoms with E-state index >= 15 is 0 Å². The number of nitrogens with one attached hydrogen (secondary N) is 2. The smallest absolute Gasteiger partial charge is 0.253 e. The van der Waals surface area contributed by atoms with Crippen LogP contribution in [0.1, 0.15) is 27.0 Å². The Balaban J connectivity index is 1.45. The first-order valence-electron chi connectivity index (χ1n) is 10.6. The van der Waals surface area contributed by atoms with Crippen LogP contribution in [-0.2, 0) is 11.3 Å². The first kappa shape index (κ1) is 20.9. The molecule has 0 aliphatic carbocycles. The molecule has 1 amide bonds. The van der Waals surface area contributed by atoms with Gasteiger partial charge in [-0.15, -0.1) is 0 Å². The Labute approximate surface area is 183 Å². The fraction of sp³-hybridized carbons (Fsp3) is 0.280. The predicted octanol–water partition coefficient (Wildman–Crippen LogP) is 4.21. The van der Waals surface area contributed by atoms with Crippen molar-refractivity contribution in [2.24, 2.45) is 0 Å². The van der Waals surface area contributed by atoms with Gasteiger partial charge in [0.15, 0.2) is 0 Å². The Morgan fingerprint density at radius 3 is 2.65 bits per heavy atom. The molecular weight excluding hydrogens is 388 g/mol. The molecule has 1 aromatic heterocycles. The zero-order chi connectivity index (χ0) is 21.6. The minimum atomic E-state index is -0.113. The number of nitrogens with zero attached hydrogens (tertiary/aromatic N) is 2. The minimum Gasteiger partial charge on any atom is -0.378 e. The van der Waals surface area contributed by atoms with E-state index in [2.05, 4.69) is 40.4 Å². The van der Waals surface area contributed by atoms with Gasteiger partial charge in [-0.25, -0.2) is 4.98 Å². The van der Waals surface area contributed by atoms with E-state index in [0.29, 0.717) is 25.3 Å². The van der Waals surface area contributed by atoms with Crippen LogP contribution in [0.4, 0.5) is 17.2 Å². The number of anilines is 3. The molecule has 31 heavy (non-hydrogen) atoms. The molecule has 1 aliphatic heterocycles. The monoisotopic (exact) mass is 416 g/mol. The van der Waals surface area contributed by atoms with Gasteiger partial charge in [0, 0.05) is 31.5 Å². The molecular formula is C25H28N4O2. The molecule has 6 nitrogen and oxygen atoms in total. The van der Waals surface area contributed by atoms with E-state index in [4.69, 9.17) is 4.74 Å². The molecule has 0 unspecified atom stereocenters. The van der Waals surface area contributed by atoms with Crippen LogP contribution in [0.2, 0.25) is 0 Å². The van der Waals surface area contributed by atoms with Crippen LogP contribution in [0.15, 0.2) is 60.8 Å².